The molecule has 28 heavy (non-hydrogen) atoms. The molecule has 0 radical (unpaired) electrons. The first kappa shape index (κ1) is 20.8. The van der Waals surface area contributed by atoms with Gasteiger partial charge in [0.1, 0.15) is 0 Å². The van der Waals surface area contributed by atoms with Crippen LogP contribution in [0.25, 0.3) is 0 Å². The summed E-state index contributed by atoms with van der Waals surface area (Å²) in [6, 6.07) is 6.16. The first-order valence-electron chi connectivity index (χ1n) is 10.0. The molecule has 1 N–H and O–H groups in total. The molecule has 2 amide bonds. The number of hydrogen-bond acceptors (Lipinski definition) is 4. The summed E-state index contributed by atoms with van der Waals surface area (Å²) in [6.45, 7) is 3.64. The van der Waals surface area contributed by atoms with Gasteiger partial charge in [-0.2, -0.15) is 4.31 Å². The Labute approximate surface area is 167 Å². The fourth-order valence-corrected chi connectivity index (χ4v) is 5.50. The fraction of sp³-hybridized carbons (Fsp3) is 0.600. The highest BCUT2D eigenvalue weighted by atomic mass is 32.2. The van der Waals surface area contributed by atoms with E-state index in [1.807, 2.05) is 4.90 Å². The zero-order valence-electron chi connectivity index (χ0n) is 16.4. The van der Waals surface area contributed by atoms with E-state index in [0.29, 0.717) is 18.7 Å². The molecule has 0 aromatic heterocycles. The van der Waals surface area contributed by atoms with Crippen LogP contribution in [0.2, 0.25) is 0 Å². The average molecular weight is 408 g/mol. The number of hydrogen-bond donors (Lipinski definition) is 1. The lowest BCUT2D eigenvalue weighted by atomic mass is 9.98. The number of anilines is 1. The van der Waals surface area contributed by atoms with Crippen LogP contribution in [0.3, 0.4) is 0 Å². The molecule has 1 unspecified atom stereocenters. The van der Waals surface area contributed by atoms with Gasteiger partial charge in [0.25, 0.3) is 0 Å². The number of nitrogens with one attached hydrogen (secondary N) is 1. The topological polar surface area (TPSA) is 86.8 Å². The largest absolute Gasteiger partial charge is 0.342 e. The van der Waals surface area contributed by atoms with Crippen LogP contribution in [0.5, 0.6) is 0 Å². The molecular formula is C20H29N3O4S. The molecule has 1 atom stereocenters. The van der Waals surface area contributed by atoms with Crippen molar-refractivity contribution in [2.24, 2.45) is 5.92 Å². The van der Waals surface area contributed by atoms with E-state index in [2.05, 4.69) is 5.32 Å². The normalized spacial score (nSPS) is 21.8. The summed E-state index contributed by atoms with van der Waals surface area (Å²) in [5.41, 5.74) is 0.555. The Morgan fingerprint density at radius 1 is 0.964 bits per heavy atom. The minimum Gasteiger partial charge on any atom is -0.342 e. The van der Waals surface area contributed by atoms with Gasteiger partial charge < -0.3 is 10.2 Å². The number of benzene rings is 1. The summed E-state index contributed by atoms with van der Waals surface area (Å²) in [4.78, 5) is 26.2. The van der Waals surface area contributed by atoms with Crippen molar-refractivity contribution in [3.63, 3.8) is 0 Å². The second-order valence-corrected chi connectivity index (χ2v) is 9.59. The highest BCUT2D eigenvalue weighted by Crippen LogP contribution is 2.26. The summed E-state index contributed by atoms with van der Waals surface area (Å²) in [5, 5.41) is 2.63. The molecule has 0 saturated carbocycles. The molecule has 0 aliphatic carbocycles. The lowest BCUT2D eigenvalue weighted by molar-refractivity contribution is -0.136. The number of amides is 2. The van der Waals surface area contributed by atoms with Crippen LogP contribution in [0.1, 0.15) is 45.4 Å². The Morgan fingerprint density at radius 2 is 1.61 bits per heavy atom. The van der Waals surface area contributed by atoms with E-state index >= 15 is 0 Å². The maximum absolute atomic E-state index is 13.0. The third-order valence-corrected chi connectivity index (χ3v) is 7.34. The minimum absolute atomic E-state index is 0.0998. The summed E-state index contributed by atoms with van der Waals surface area (Å²) < 4.78 is 27.5. The molecule has 2 aliphatic rings. The molecule has 2 saturated heterocycles. The summed E-state index contributed by atoms with van der Waals surface area (Å²) in [5.74, 6) is -0.371. The number of rotatable bonds is 4. The molecule has 7 nitrogen and oxygen atoms in total. The van der Waals surface area contributed by atoms with Crippen molar-refractivity contribution in [3.8, 4) is 0 Å². The minimum atomic E-state index is -3.66. The Balaban J connectivity index is 1.69. The first-order chi connectivity index (χ1) is 13.4. The van der Waals surface area contributed by atoms with Crippen LogP contribution < -0.4 is 5.32 Å². The van der Waals surface area contributed by atoms with Crippen molar-refractivity contribution in [2.75, 3.05) is 31.5 Å². The lowest BCUT2D eigenvalue weighted by Crippen LogP contribution is -2.46. The molecule has 0 spiro atoms. The van der Waals surface area contributed by atoms with E-state index in [-0.39, 0.29) is 29.2 Å². The molecule has 8 heteroatoms. The summed E-state index contributed by atoms with van der Waals surface area (Å²) >= 11 is 0. The number of sulfonamides is 1. The van der Waals surface area contributed by atoms with Gasteiger partial charge in [0.05, 0.1) is 10.8 Å². The van der Waals surface area contributed by atoms with Gasteiger partial charge in [-0.15, -0.1) is 0 Å². The van der Waals surface area contributed by atoms with Gasteiger partial charge in [0.2, 0.25) is 21.8 Å². The van der Waals surface area contributed by atoms with Crippen molar-refractivity contribution < 1.29 is 18.0 Å². The van der Waals surface area contributed by atoms with Crippen LogP contribution in [0.15, 0.2) is 29.2 Å². The van der Waals surface area contributed by atoms with Gasteiger partial charge in [-0.25, -0.2) is 8.42 Å². The molecule has 2 heterocycles. The van der Waals surface area contributed by atoms with Gasteiger partial charge in [0.15, 0.2) is 0 Å². The Kier molecular flexibility index (Phi) is 6.72. The van der Waals surface area contributed by atoms with E-state index in [9.17, 15) is 18.0 Å². The van der Waals surface area contributed by atoms with Gasteiger partial charge in [0, 0.05) is 38.8 Å². The van der Waals surface area contributed by atoms with Crippen molar-refractivity contribution in [3.05, 3.63) is 24.3 Å². The van der Waals surface area contributed by atoms with E-state index in [4.69, 9.17) is 0 Å². The zero-order chi connectivity index (χ0) is 20.1. The summed E-state index contributed by atoms with van der Waals surface area (Å²) in [6.07, 6.45) is 5.80. The van der Waals surface area contributed by atoms with Crippen LogP contribution in [-0.2, 0) is 19.6 Å². The quantitative estimate of drug-likeness (QED) is 0.831. The van der Waals surface area contributed by atoms with Gasteiger partial charge >= 0.3 is 0 Å². The monoisotopic (exact) mass is 407 g/mol. The van der Waals surface area contributed by atoms with Crippen LogP contribution in [-0.4, -0.2) is 55.6 Å². The maximum atomic E-state index is 13.0. The molecule has 1 aromatic rings. The molecule has 2 aliphatic heterocycles. The third kappa shape index (κ3) is 4.91. The zero-order valence-corrected chi connectivity index (χ0v) is 17.2. The number of carbonyl (C=O) groups is 2. The molecule has 3 rings (SSSR count). The number of piperidine rings is 1. The van der Waals surface area contributed by atoms with Crippen molar-refractivity contribution in [1.29, 1.82) is 0 Å². The molecule has 154 valence electrons. The van der Waals surface area contributed by atoms with Crippen LogP contribution in [0.4, 0.5) is 5.69 Å². The Morgan fingerprint density at radius 3 is 2.21 bits per heavy atom. The Hall–Kier alpha value is -1.93. The van der Waals surface area contributed by atoms with Gasteiger partial charge in [-0.05, 0) is 49.9 Å². The number of likely N-dealkylation sites (tertiary alicyclic amines) is 1. The molecular weight excluding hydrogens is 378 g/mol. The van der Waals surface area contributed by atoms with E-state index in [1.165, 1.54) is 23.4 Å². The fourth-order valence-electron chi connectivity index (χ4n) is 3.97. The second kappa shape index (κ2) is 9.05. The van der Waals surface area contributed by atoms with Gasteiger partial charge in [-0.3, -0.25) is 9.59 Å². The standard InChI is InChI=1S/C20H29N3O4S/c1-16(24)21-18-8-10-19(11-9-18)28(26,27)23-14-6-7-17(15-23)20(25)22-12-4-2-3-5-13-22/h8-11,17H,2-7,12-15H2,1H3,(H,21,24). The van der Waals surface area contributed by atoms with Crippen LogP contribution >= 0.6 is 0 Å². The average Bonchev–Trinajstić information content (AvgIpc) is 2.97. The van der Waals surface area contributed by atoms with E-state index < -0.39 is 10.0 Å². The first-order valence-corrected chi connectivity index (χ1v) is 11.5. The number of nitrogens with zero attached hydrogens (tertiary/aromatic N) is 2. The maximum Gasteiger partial charge on any atom is 0.243 e. The SMILES string of the molecule is CC(=O)Nc1ccc(S(=O)(=O)N2CCCC(C(=O)N3CCCCCC3)C2)cc1. The van der Waals surface area contributed by atoms with Crippen molar-refractivity contribution in [1.82, 2.24) is 9.21 Å². The second-order valence-electron chi connectivity index (χ2n) is 7.65. The lowest BCUT2D eigenvalue weighted by Gasteiger charge is -2.34. The molecule has 0 bridgehead atoms. The summed E-state index contributed by atoms with van der Waals surface area (Å²) in [7, 11) is -3.66. The van der Waals surface area contributed by atoms with E-state index in [1.54, 1.807) is 12.1 Å². The Bertz CT molecular complexity index is 799. The van der Waals surface area contributed by atoms with Gasteiger partial charge in [-0.1, -0.05) is 12.8 Å². The predicted molar refractivity (Wildman–Crippen MR) is 107 cm³/mol. The van der Waals surface area contributed by atoms with Crippen molar-refractivity contribution in [2.45, 2.75) is 50.3 Å². The molecule has 1 aromatic carbocycles. The highest BCUT2D eigenvalue weighted by Gasteiger charge is 2.35. The third-order valence-electron chi connectivity index (χ3n) is 5.46. The predicted octanol–water partition coefficient (Wildman–Crippen LogP) is 2.45. The van der Waals surface area contributed by atoms with E-state index in [0.717, 1.165) is 45.2 Å². The molecule has 2 fully saturated rings. The smallest absolute Gasteiger partial charge is 0.243 e. The highest BCUT2D eigenvalue weighted by molar-refractivity contribution is 7.89. The van der Waals surface area contributed by atoms with Crippen LogP contribution in [0, 0.1) is 5.92 Å². The van der Waals surface area contributed by atoms with Crippen molar-refractivity contribution >= 4 is 27.5 Å². The number of carbonyl (C=O) groups excluding carboxylic acids is 2.